The highest BCUT2D eigenvalue weighted by molar-refractivity contribution is 5.87. The van der Waals surface area contributed by atoms with Gasteiger partial charge in [-0.15, -0.1) is 0 Å². The maximum absolute atomic E-state index is 5.95. The van der Waals surface area contributed by atoms with E-state index in [-0.39, 0.29) is 6.04 Å². The van der Waals surface area contributed by atoms with E-state index >= 15 is 0 Å². The van der Waals surface area contributed by atoms with Crippen LogP contribution in [-0.4, -0.2) is 45.3 Å². The van der Waals surface area contributed by atoms with Crippen molar-refractivity contribution in [2.75, 3.05) is 30.4 Å². The van der Waals surface area contributed by atoms with Gasteiger partial charge in [0.25, 0.3) is 0 Å². The standard InChI is InChI=1S/C16H19N7O/c1-9-13-12(4-5-18-15(13)17-3)24-7-6-23(9)16-11-8-19-22-14(11)20-10(2)21-16/h4-5,8-9H,6-7H2,1-3H3,(H,17,18)(H,19,20,21,22). The molecule has 8 heteroatoms. The van der Waals surface area contributed by atoms with Crippen molar-refractivity contribution in [1.29, 1.82) is 0 Å². The van der Waals surface area contributed by atoms with Crippen molar-refractivity contribution in [2.24, 2.45) is 0 Å². The molecule has 1 aliphatic rings. The van der Waals surface area contributed by atoms with Crippen LogP contribution in [0, 0.1) is 6.92 Å². The summed E-state index contributed by atoms with van der Waals surface area (Å²) in [5.74, 6) is 3.25. The lowest BCUT2D eigenvalue weighted by atomic mass is 10.1. The number of ether oxygens (including phenoxy) is 1. The van der Waals surface area contributed by atoms with Crippen molar-refractivity contribution < 1.29 is 4.74 Å². The van der Waals surface area contributed by atoms with Gasteiger partial charge in [-0.1, -0.05) is 0 Å². The van der Waals surface area contributed by atoms with E-state index in [4.69, 9.17) is 4.74 Å². The maximum atomic E-state index is 5.95. The third kappa shape index (κ3) is 2.22. The number of fused-ring (bicyclic) bond motifs is 2. The van der Waals surface area contributed by atoms with E-state index in [1.54, 1.807) is 12.4 Å². The van der Waals surface area contributed by atoms with Gasteiger partial charge in [-0.05, 0) is 19.9 Å². The van der Waals surface area contributed by atoms with Crippen LogP contribution >= 0.6 is 0 Å². The van der Waals surface area contributed by atoms with Gasteiger partial charge in [0, 0.05) is 13.2 Å². The van der Waals surface area contributed by atoms with Crippen LogP contribution in [0.15, 0.2) is 18.5 Å². The topological polar surface area (TPSA) is 91.9 Å². The minimum absolute atomic E-state index is 0.0473. The van der Waals surface area contributed by atoms with E-state index in [9.17, 15) is 0 Å². The van der Waals surface area contributed by atoms with Gasteiger partial charge in [-0.3, -0.25) is 5.10 Å². The number of anilines is 2. The molecule has 4 heterocycles. The summed E-state index contributed by atoms with van der Waals surface area (Å²) in [4.78, 5) is 15.7. The molecule has 0 aromatic carbocycles. The number of aryl methyl sites for hydroxylation is 1. The molecule has 0 saturated heterocycles. The molecule has 0 saturated carbocycles. The smallest absolute Gasteiger partial charge is 0.161 e. The van der Waals surface area contributed by atoms with Gasteiger partial charge in [0.2, 0.25) is 0 Å². The Labute approximate surface area is 139 Å². The van der Waals surface area contributed by atoms with Crippen molar-refractivity contribution in [3.05, 3.63) is 29.8 Å². The van der Waals surface area contributed by atoms with Crippen LogP contribution in [0.3, 0.4) is 0 Å². The second kappa shape index (κ2) is 5.63. The lowest BCUT2D eigenvalue weighted by molar-refractivity contribution is 0.331. The number of pyridine rings is 1. The van der Waals surface area contributed by atoms with Gasteiger partial charge in [-0.25, -0.2) is 15.0 Å². The first kappa shape index (κ1) is 14.7. The van der Waals surface area contributed by atoms with Crippen molar-refractivity contribution in [2.45, 2.75) is 19.9 Å². The molecule has 0 spiro atoms. The fraction of sp³-hybridized carbons (Fsp3) is 0.375. The van der Waals surface area contributed by atoms with Gasteiger partial charge in [0.15, 0.2) is 5.65 Å². The molecular weight excluding hydrogens is 306 g/mol. The molecule has 2 N–H and O–H groups in total. The Kier molecular flexibility index (Phi) is 3.44. The SMILES string of the molecule is CNc1nccc2c1C(C)N(c1nc(C)nc3[nH]ncc13)CCO2. The Hall–Kier alpha value is -2.90. The quantitative estimate of drug-likeness (QED) is 0.745. The van der Waals surface area contributed by atoms with Crippen molar-refractivity contribution in [1.82, 2.24) is 25.1 Å². The molecule has 3 aromatic rings. The lowest BCUT2D eigenvalue weighted by Gasteiger charge is -2.29. The number of hydrogen-bond donors (Lipinski definition) is 2. The molecule has 124 valence electrons. The van der Waals surface area contributed by atoms with Crippen molar-refractivity contribution in [3.63, 3.8) is 0 Å². The molecule has 1 aliphatic heterocycles. The molecule has 24 heavy (non-hydrogen) atoms. The Bertz CT molecular complexity index is 891. The second-order valence-corrected chi connectivity index (χ2v) is 5.77. The monoisotopic (exact) mass is 325 g/mol. The van der Waals surface area contributed by atoms with Crippen molar-refractivity contribution in [3.8, 4) is 5.75 Å². The van der Waals surface area contributed by atoms with Crippen LogP contribution in [0.25, 0.3) is 11.0 Å². The van der Waals surface area contributed by atoms with Crippen LogP contribution < -0.4 is 15.0 Å². The normalized spacial score (nSPS) is 17.3. The fourth-order valence-electron chi connectivity index (χ4n) is 3.22. The minimum atomic E-state index is 0.0473. The predicted molar refractivity (Wildman–Crippen MR) is 91.5 cm³/mol. The van der Waals surface area contributed by atoms with Gasteiger partial charge in [0.05, 0.1) is 29.7 Å². The summed E-state index contributed by atoms with van der Waals surface area (Å²) in [6, 6.07) is 1.96. The van der Waals surface area contributed by atoms with Gasteiger partial charge in [0.1, 0.15) is 29.8 Å². The largest absolute Gasteiger partial charge is 0.491 e. The number of aromatic amines is 1. The van der Waals surface area contributed by atoms with Crippen LogP contribution in [0.2, 0.25) is 0 Å². The van der Waals surface area contributed by atoms with E-state index in [1.165, 1.54) is 0 Å². The zero-order valence-corrected chi connectivity index (χ0v) is 13.9. The average molecular weight is 325 g/mol. The van der Waals surface area contributed by atoms with E-state index in [1.807, 2.05) is 20.0 Å². The summed E-state index contributed by atoms with van der Waals surface area (Å²) in [6.07, 6.45) is 3.53. The summed E-state index contributed by atoms with van der Waals surface area (Å²) < 4.78 is 5.95. The molecule has 3 aromatic heterocycles. The third-order valence-corrected chi connectivity index (χ3v) is 4.34. The zero-order chi connectivity index (χ0) is 16.7. The zero-order valence-electron chi connectivity index (χ0n) is 13.9. The summed E-state index contributed by atoms with van der Waals surface area (Å²) in [6.45, 7) is 5.32. The molecule has 0 bridgehead atoms. The van der Waals surface area contributed by atoms with Crippen molar-refractivity contribution >= 4 is 22.7 Å². The molecule has 0 radical (unpaired) electrons. The van der Waals surface area contributed by atoms with Crippen LogP contribution in [0.4, 0.5) is 11.6 Å². The van der Waals surface area contributed by atoms with E-state index < -0.39 is 0 Å². The molecule has 1 atom stereocenters. The van der Waals surface area contributed by atoms with Crippen LogP contribution in [0.1, 0.15) is 24.4 Å². The first-order valence-corrected chi connectivity index (χ1v) is 7.93. The molecule has 0 fully saturated rings. The number of aromatic nitrogens is 5. The molecule has 0 amide bonds. The summed E-state index contributed by atoms with van der Waals surface area (Å²) >= 11 is 0. The average Bonchev–Trinajstić information content (AvgIpc) is 2.98. The number of nitrogens with one attached hydrogen (secondary N) is 2. The molecular formula is C16H19N7O. The summed E-state index contributed by atoms with van der Waals surface area (Å²) in [7, 11) is 1.87. The van der Waals surface area contributed by atoms with Gasteiger partial charge in [-0.2, -0.15) is 5.10 Å². The van der Waals surface area contributed by atoms with Crippen LogP contribution in [-0.2, 0) is 0 Å². The molecule has 8 nitrogen and oxygen atoms in total. The fourth-order valence-corrected chi connectivity index (χ4v) is 3.22. The molecule has 1 unspecified atom stereocenters. The maximum Gasteiger partial charge on any atom is 0.161 e. The second-order valence-electron chi connectivity index (χ2n) is 5.77. The Morgan fingerprint density at radius 1 is 1.38 bits per heavy atom. The van der Waals surface area contributed by atoms with E-state index in [0.717, 1.165) is 40.5 Å². The first-order chi connectivity index (χ1) is 11.7. The summed E-state index contributed by atoms with van der Waals surface area (Å²) in [5, 5.41) is 11.1. The van der Waals surface area contributed by atoms with Gasteiger partial charge < -0.3 is 15.0 Å². The predicted octanol–water partition coefficient (Wildman–Crippen LogP) is 2.06. The lowest BCUT2D eigenvalue weighted by Crippen LogP contribution is -2.30. The Morgan fingerprint density at radius 3 is 3.08 bits per heavy atom. The highest BCUT2D eigenvalue weighted by Gasteiger charge is 2.28. The Morgan fingerprint density at radius 2 is 2.25 bits per heavy atom. The number of nitrogens with zero attached hydrogens (tertiary/aromatic N) is 5. The Balaban J connectivity index is 1.87. The summed E-state index contributed by atoms with van der Waals surface area (Å²) in [5.41, 5.74) is 1.78. The third-order valence-electron chi connectivity index (χ3n) is 4.34. The number of rotatable bonds is 2. The van der Waals surface area contributed by atoms with E-state index in [0.29, 0.717) is 12.4 Å². The highest BCUT2D eigenvalue weighted by Crippen LogP contribution is 2.39. The molecule has 4 rings (SSSR count). The highest BCUT2D eigenvalue weighted by atomic mass is 16.5. The molecule has 0 aliphatic carbocycles. The first-order valence-electron chi connectivity index (χ1n) is 7.93. The minimum Gasteiger partial charge on any atom is -0.491 e. The van der Waals surface area contributed by atoms with E-state index in [2.05, 4.69) is 42.3 Å². The van der Waals surface area contributed by atoms with Crippen LogP contribution in [0.5, 0.6) is 5.75 Å². The van der Waals surface area contributed by atoms with Gasteiger partial charge >= 0.3 is 0 Å². The number of hydrogen-bond acceptors (Lipinski definition) is 7. The number of H-pyrrole nitrogens is 1.